The van der Waals surface area contributed by atoms with Crippen LogP contribution < -0.4 is 20.7 Å². The standard InChI is InChI=1S/C17H31N5O4S2.HI/c1-16(2,3)26-15(23)22-17(4,5)12-20-14(18-6)19-9-10-21-28(24,25)13-8-7-11-27-13;/h7-8,11,21H,9-10,12H2,1-6H3,(H,22,23)(H2,18,19,20);1H. The Kier molecular flexibility index (Phi) is 11.4. The maximum Gasteiger partial charge on any atom is 0.408 e. The van der Waals surface area contributed by atoms with Gasteiger partial charge >= 0.3 is 6.09 Å². The molecule has 0 aromatic carbocycles. The fraction of sp³-hybridized carbons (Fsp3) is 0.647. The van der Waals surface area contributed by atoms with Crippen molar-refractivity contribution in [1.29, 1.82) is 0 Å². The Morgan fingerprint density at radius 1 is 1.17 bits per heavy atom. The number of alkyl carbamates (subject to hydrolysis) is 1. The van der Waals surface area contributed by atoms with E-state index in [-0.39, 0.29) is 34.7 Å². The van der Waals surface area contributed by atoms with Gasteiger partial charge in [0.25, 0.3) is 0 Å². The molecule has 0 bridgehead atoms. The molecule has 168 valence electrons. The van der Waals surface area contributed by atoms with Gasteiger partial charge in [0, 0.05) is 26.7 Å². The van der Waals surface area contributed by atoms with Gasteiger partial charge in [0.15, 0.2) is 5.96 Å². The van der Waals surface area contributed by atoms with Crippen LogP contribution in [0.5, 0.6) is 0 Å². The second kappa shape index (κ2) is 11.9. The van der Waals surface area contributed by atoms with Crippen LogP contribution in [-0.2, 0) is 14.8 Å². The summed E-state index contributed by atoms with van der Waals surface area (Å²) in [5, 5.41) is 10.6. The number of sulfonamides is 1. The van der Waals surface area contributed by atoms with Crippen LogP contribution >= 0.6 is 35.3 Å². The summed E-state index contributed by atoms with van der Waals surface area (Å²) in [5.74, 6) is 0.495. The number of carbonyl (C=O) groups excluding carboxylic acids is 1. The highest BCUT2D eigenvalue weighted by atomic mass is 127. The second-order valence-electron chi connectivity index (χ2n) is 7.69. The molecule has 1 amide bonds. The third-order valence-corrected chi connectivity index (χ3v) is 6.09. The summed E-state index contributed by atoms with van der Waals surface area (Å²) in [5.41, 5.74) is -1.15. The molecule has 0 radical (unpaired) electrons. The first kappa shape index (κ1) is 27.9. The molecule has 9 nitrogen and oxygen atoms in total. The first-order valence-corrected chi connectivity index (χ1v) is 11.2. The molecular formula is C17H32IN5O4S2. The van der Waals surface area contributed by atoms with E-state index in [2.05, 4.69) is 25.7 Å². The number of thiophene rings is 1. The number of nitrogens with one attached hydrogen (secondary N) is 4. The summed E-state index contributed by atoms with van der Waals surface area (Å²) < 4.78 is 32.1. The number of guanidine groups is 1. The van der Waals surface area contributed by atoms with Crippen molar-refractivity contribution in [3.63, 3.8) is 0 Å². The zero-order valence-corrected chi connectivity index (χ0v) is 21.6. The lowest BCUT2D eigenvalue weighted by atomic mass is 10.1. The third-order valence-electron chi connectivity index (χ3n) is 3.23. The van der Waals surface area contributed by atoms with Crippen molar-refractivity contribution in [1.82, 2.24) is 20.7 Å². The van der Waals surface area contributed by atoms with Crippen LogP contribution in [0.25, 0.3) is 0 Å². The van der Waals surface area contributed by atoms with E-state index in [1.54, 1.807) is 45.3 Å². The first-order valence-electron chi connectivity index (χ1n) is 8.83. The van der Waals surface area contributed by atoms with Crippen molar-refractivity contribution in [2.75, 3.05) is 26.7 Å². The predicted octanol–water partition coefficient (Wildman–Crippen LogP) is 2.11. The summed E-state index contributed by atoms with van der Waals surface area (Å²) in [4.78, 5) is 16.0. The Morgan fingerprint density at radius 2 is 1.83 bits per heavy atom. The topological polar surface area (TPSA) is 121 Å². The largest absolute Gasteiger partial charge is 0.444 e. The molecule has 0 aliphatic carbocycles. The van der Waals surface area contributed by atoms with E-state index in [9.17, 15) is 13.2 Å². The molecule has 1 rings (SSSR count). The molecule has 12 heteroatoms. The molecule has 0 unspecified atom stereocenters. The predicted molar refractivity (Wildman–Crippen MR) is 128 cm³/mol. The minimum absolute atomic E-state index is 0. The highest BCUT2D eigenvalue weighted by Crippen LogP contribution is 2.14. The molecule has 0 aliphatic heterocycles. The van der Waals surface area contributed by atoms with Gasteiger partial charge in [-0.3, -0.25) is 4.99 Å². The number of hydrogen-bond acceptors (Lipinski definition) is 6. The zero-order chi connectivity index (χ0) is 21.4. The van der Waals surface area contributed by atoms with Gasteiger partial charge in [-0.05, 0) is 46.1 Å². The number of carbonyl (C=O) groups is 1. The monoisotopic (exact) mass is 561 g/mol. The molecule has 0 spiro atoms. The van der Waals surface area contributed by atoms with Gasteiger partial charge in [-0.2, -0.15) is 0 Å². The van der Waals surface area contributed by atoms with Crippen LogP contribution in [0.15, 0.2) is 26.7 Å². The number of ether oxygens (including phenoxy) is 1. The zero-order valence-electron chi connectivity index (χ0n) is 17.7. The average Bonchev–Trinajstić information content (AvgIpc) is 3.07. The molecule has 1 heterocycles. The molecular weight excluding hydrogens is 529 g/mol. The van der Waals surface area contributed by atoms with E-state index >= 15 is 0 Å². The van der Waals surface area contributed by atoms with Crippen LogP contribution in [0.2, 0.25) is 0 Å². The van der Waals surface area contributed by atoms with E-state index in [1.807, 2.05) is 13.8 Å². The Bertz CT molecular complexity index is 759. The number of aliphatic imine (C=N–C) groups is 1. The molecule has 0 aliphatic rings. The molecule has 29 heavy (non-hydrogen) atoms. The van der Waals surface area contributed by atoms with Crippen molar-refractivity contribution in [3.8, 4) is 0 Å². The van der Waals surface area contributed by atoms with Crippen LogP contribution in [0.4, 0.5) is 4.79 Å². The van der Waals surface area contributed by atoms with Gasteiger partial charge in [-0.1, -0.05) is 6.07 Å². The van der Waals surface area contributed by atoms with E-state index in [0.29, 0.717) is 19.0 Å². The number of hydrogen-bond donors (Lipinski definition) is 4. The summed E-state index contributed by atoms with van der Waals surface area (Å²) in [6.45, 7) is 10.1. The molecule has 0 saturated heterocycles. The summed E-state index contributed by atoms with van der Waals surface area (Å²) in [7, 11) is -1.87. The summed E-state index contributed by atoms with van der Waals surface area (Å²) >= 11 is 1.17. The van der Waals surface area contributed by atoms with Crippen molar-refractivity contribution in [2.24, 2.45) is 4.99 Å². The van der Waals surface area contributed by atoms with Crippen molar-refractivity contribution in [2.45, 2.75) is 50.0 Å². The van der Waals surface area contributed by atoms with Gasteiger partial charge < -0.3 is 20.7 Å². The number of amides is 1. The van der Waals surface area contributed by atoms with Crippen molar-refractivity contribution >= 4 is 57.4 Å². The molecule has 1 aromatic rings. The summed E-state index contributed by atoms with van der Waals surface area (Å²) in [6.07, 6.45) is -0.495. The average molecular weight is 562 g/mol. The molecule has 0 fully saturated rings. The smallest absolute Gasteiger partial charge is 0.408 e. The lowest BCUT2D eigenvalue weighted by Crippen LogP contribution is -2.54. The molecule has 4 N–H and O–H groups in total. The number of halogens is 1. The highest BCUT2D eigenvalue weighted by molar-refractivity contribution is 14.0. The number of nitrogens with zero attached hydrogens (tertiary/aromatic N) is 1. The minimum Gasteiger partial charge on any atom is -0.444 e. The first-order chi connectivity index (χ1) is 12.8. The fourth-order valence-electron chi connectivity index (χ4n) is 2.00. The fourth-order valence-corrected chi connectivity index (χ4v) is 4.07. The van der Waals surface area contributed by atoms with Crippen molar-refractivity contribution < 1.29 is 17.9 Å². The molecule has 0 saturated carbocycles. The Hall–Kier alpha value is -1.12. The van der Waals surface area contributed by atoms with Gasteiger partial charge in [0.05, 0.1) is 5.54 Å². The van der Waals surface area contributed by atoms with Crippen LogP contribution in [0.1, 0.15) is 34.6 Å². The van der Waals surface area contributed by atoms with E-state index in [0.717, 1.165) is 0 Å². The lowest BCUT2D eigenvalue weighted by Gasteiger charge is -2.29. The lowest BCUT2D eigenvalue weighted by molar-refractivity contribution is 0.0474. The Balaban J connectivity index is 0.00000784. The number of rotatable bonds is 8. The maximum atomic E-state index is 12.0. The van der Waals surface area contributed by atoms with E-state index in [1.165, 1.54) is 11.3 Å². The van der Waals surface area contributed by atoms with Crippen molar-refractivity contribution in [3.05, 3.63) is 17.5 Å². The quantitative estimate of drug-likeness (QED) is 0.167. The van der Waals surface area contributed by atoms with Crippen LogP contribution in [-0.4, -0.2) is 58.3 Å². The molecule has 1 aromatic heterocycles. The van der Waals surface area contributed by atoms with E-state index < -0.39 is 27.3 Å². The third kappa shape index (κ3) is 11.6. The second-order valence-corrected chi connectivity index (χ2v) is 10.6. The van der Waals surface area contributed by atoms with Gasteiger partial charge in [-0.25, -0.2) is 17.9 Å². The Labute approximate surface area is 194 Å². The van der Waals surface area contributed by atoms with Crippen LogP contribution in [0, 0.1) is 0 Å². The highest BCUT2D eigenvalue weighted by Gasteiger charge is 2.24. The Morgan fingerprint density at radius 3 is 2.34 bits per heavy atom. The SMILES string of the molecule is CN=C(NCCNS(=O)(=O)c1cccs1)NCC(C)(C)NC(=O)OC(C)(C)C.I. The minimum atomic E-state index is -3.48. The van der Waals surface area contributed by atoms with E-state index in [4.69, 9.17) is 4.74 Å². The van der Waals surface area contributed by atoms with Gasteiger partial charge in [-0.15, -0.1) is 35.3 Å². The molecule has 0 atom stereocenters. The van der Waals surface area contributed by atoms with Gasteiger partial charge in [0.2, 0.25) is 10.0 Å². The van der Waals surface area contributed by atoms with Gasteiger partial charge in [0.1, 0.15) is 9.81 Å². The maximum absolute atomic E-state index is 12.0. The summed E-state index contributed by atoms with van der Waals surface area (Å²) in [6, 6.07) is 3.25. The van der Waals surface area contributed by atoms with Crippen LogP contribution in [0.3, 0.4) is 0 Å². The normalized spacial score (nSPS) is 12.7.